The molecule has 0 spiro atoms. The van der Waals surface area contributed by atoms with Crippen LogP contribution >= 0.6 is 62.8 Å². The predicted molar refractivity (Wildman–Crippen MR) is 128 cm³/mol. The fourth-order valence-electron chi connectivity index (χ4n) is 2.74. The van der Waals surface area contributed by atoms with E-state index in [0.717, 1.165) is 26.7 Å². The Kier molecular flexibility index (Phi) is 6.94. The van der Waals surface area contributed by atoms with Crippen LogP contribution in [0.25, 0.3) is 21.7 Å². The van der Waals surface area contributed by atoms with Gasteiger partial charge >= 0.3 is 0 Å². The average Bonchev–Trinajstić information content (AvgIpc) is 2.63. The van der Waals surface area contributed by atoms with Gasteiger partial charge in [0.05, 0.1) is 0 Å². The molecule has 3 nitrogen and oxygen atoms in total. The first-order valence-corrected chi connectivity index (χ1v) is 11.8. The highest BCUT2D eigenvalue weighted by atomic mass is 79.9. The second-order valence-corrected chi connectivity index (χ2v) is 9.65. The molecule has 0 N–H and O–H groups in total. The summed E-state index contributed by atoms with van der Waals surface area (Å²) in [5.74, 6) is 0. The summed E-state index contributed by atoms with van der Waals surface area (Å²) in [5.41, 5.74) is 3.64. The lowest BCUT2D eigenvalue weighted by Crippen LogP contribution is -2.13. The minimum atomic E-state index is -0.366. The van der Waals surface area contributed by atoms with Crippen LogP contribution in [0.15, 0.2) is 45.7 Å². The predicted octanol–water partition coefficient (Wildman–Crippen LogP) is 6.90. The molecule has 0 aliphatic heterocycles. The first-order valence-electron chi connectivity index (χ1n) is 8.14. The Morgan fingerprint density at radius 1 is 1.21 bits per heavy atom. The fourth-order valence-corrected chi connectivity index (χ4v) is 5.07. The van der Waals surface area contributed by atoms with Crippen LogP contribution in [-0.2, 0) is 0 Å². The van der Waals surface area contributed by atoms with Crippen LogP contribution in [0.3, 0.4) is 0 Å². The summed E-state index contributed by atoms with van der Waals surface area (Å²) in [7, 11) is 0. The first-order chi connectivity index (χ1) is 13.3. The van der Waals surface area contributed by atoms with Crippen molar-refractivity contribution < 1.29 is 4.74 Å². The fraction of sp³-hybridized carbons (Fsp3) is 0.150. The number of nitrogens with zero attached hydrogens (tertiary/aromatic N) is 1. The van der Waals surface area contributed by atoms with Gasteiger partial charge in [-0.3, -0.25) is 4.79 Å². The van der Waals surface area contributed by atoms with Crippen LogP contribution in [0.2, 0.25) is 5.02 Å². The lowest BCUT2D eigenvalue weighted by molar-refractivity contribution is 0.596. The van der Waals surface area contributed by atoms with Crippen molar-refractivity contribution in [3.63, 3.8) is 0 Å². The maximum Gasteiger partial charge on any atom is 0.283 e. The Bertz CT molecular complexity index is 1090. The summed E-state index contributed by atoms with van der Waals surface area (Å²) in [4.78, 5) is 17.4. The van der Waals surface area contributed by atoms with Crippen LogP contribution < -0.4 is 10.3 Å². The molecule has 0 aliphatic carbocycles. The monoisotopic (exact) mass is 511 g/mol. The molecule has 0 radical (unpaired) electrons. The summed E-state index contributed by atoms with van der Waals surface area (Å²) in [6.07, 6.45) is 1.83. The molecule has 0 bridgehead atoms. The van der Waals surface area contributed by atoms with Crippen molar-refractivity contribution in [3.05, 3.63) is 67.4 Å². The van der Waals surface area contributed by atoms with E-state index in [4.69, 9.17) is 28.6 Å². The molecular weight excluding hydrogens is 498 g/mol. The molecular formula is C20H15BrClNO2S3. The van der Waals surface area contributed by atoms with Crippen molar-refractivity contribution in [1.29, 1.82) is 0 Å². The van der Waals surface area contributed by atoms with Crippen LogP contribution in [0.1, 0.15) is 11.1 Å². The molecule has 3 aromatic rings. The van der Waals surface area contributed by atoms with E-state index in [0.29, 0.717) is 25.0 Å². The molecule has 2 aromatic carbocycles. The van der Waals surface area contributed by atoms with Crippen LogP contribution in [0.4, 0.5) is 0 Å². The Morgan fingerprint density at radius 3 is 2.50 bits per heavy atom. The van der Waals surface area contributed by atoms with Crippen LogP contribution in [-0.4, -0.2) is 15.6 Å². The number of hydrogen-bond acceptors (Lipinski definition) is 6. The van der Waals surface area contributed by atoms with Crippen molar-refractivity contribution in [1.82, 2.24) is 4.98 Å². The first kappa shape index (κ1) is 21.5. The van der Waals surface area contributed by atoms with Crippen molar-refractivity contribution in [2.75, 3.05) is 6.26 Å². The molecule has 144 valence electrons. The Balaban J connectivity index is 2.26. The Labute approximate surface area is 190 Å². The maximum absolute atomic E-state index is 13.1. The maximum atomic E-state index is 13.1. The van der Waals surface area contributed by atoms with Gasteiger partial charge in [-0.05, 0) is 61.6 Å². The standard InChI is InChI=1S/C20H15BrClNO2S3/c1-10-8-11(2)15(14(21)9-10)16-17(24)23-18(12-4-6-13(22)7-5-12)28-19(16)25-20(26)27-3/h4-9H,1-3H3. The summed E-state index contributed by atoms with van der Waals surface area (Å²) >= 11 is 17.4. The molecule has 28 heavy (non-hydrogen) atoms. The molecule has 1 heterocycles. The zero-order valence-corrected chi connectivity index (χ0v) is 20.0. The molecule has 0 amide bonds. The molecule has 0 aliphatic rings. The van der Waals surface area contributed by atoms with Gasteiger partial charge in [0.2, 0.25) is 4.38 Å². The SMILES string of the molecule is CSC(=S)Oc1sc(-c2ccc(Cl)cc2)nc(=O)c1-c1c(C)cc(C)cc1Br. The van der Waals surface area contributed by atoms with E-state index in [-0.39, 0.29) is 5.56 Å². The van der Waals surface area contributed by atoms with Crippen molar-refractivity contribution in [2.24, 2.45) is 0 Å². The Hall–Kier alpha value is -1.25. The molecule has 0 saturated carbocycles. The third-order valence-electron chi connectivity index (χ3n) is 3.93. The van der Waals surface area contributed by atoms with Gasteiger partial charge in [-0.25, -0.2) is 0 Å². The highest BCUT2D eigenvalue weighted by Crippen LogP contribution is 2.40. The van der Waals surface area contributed by atoms with E-state index >= 15 is 0 Å². The van der Waals surface area contributed by atoms with Crippen LogP contribution in [0.5, 0.6) is 5.06 Å². The van der Waals surface area contributed by atoms with Gasteiger partial charge in [0.15, 0.2) is 5.06 Å². The highest BCUT2D eigenvalue weighted by Gasteiger charge is 2.21. The minimum absolute atomic E-state index is 0.339. The summed E-state index contributed by atoms with van der Waals surface area (Å²) in [6.45, 7) is 3.96. The van der Waals surface area contributed by atoms with E-state index in [1.807, 2.05) is 44.4 Å². The van der Waals surface area contributed by atoms with Gasteiger partial charge in [0, 0.05) is 20.6 Å². The van der Waals surface area contributed by atoms with Crippen molar-refractivity contribution in [3.8, 4) is 26.8 Å². The zero-order valence-electron chi connectivity index (χ0n) is 15.2. The van der Waals surface area contributed by atoms with Gasteiger partial charge in [-0.2, -0.15) is 4.98 Å². The number of hydrogen-bond donors (Lipinski definition) is 0. The normalized spacial score (nSPS) is 10.8. The molecule has 0 unspecified atom stereocenters. The topological polar surface area (TPSA) is 39.2 Å². The van der Waals surface area contributed by atoms with Gasteiger partial charge in [-0.15, -0.1) is 0 Å². The van der Waals surface area contributed by atoms with E-state index in [2.05, 4.69) is 20.9 Å². The number of thiocarbonyl (C=S) groups is 1. The number of aromatic nitrogens is 1. The number of ether oxygens (including phenoxy) is 1. The van der Waals surface area contributed by atoms with Crippen molar-refractivity contribution >= 4 is 67.2 Å². The third-order valence-corrected chi connectivity index (χ3v) is 6.80. The molecule has 0 saturated heterocycles. The molecule has 0 atom stereocenters. The van der Waals surface area contributed by atoms with E-state index in [1.165, 1.54) is 23.1 Å². The summed E-state index contributed by atoms with van der Waals surface area (Å²) in [6, 6.07) is 11.2. The van der Waals surface area contributed by atoms with Crippen molar-refractivity contribution in [2.45, 2.75) is 13.8 Å². The molecule has 3 rings (SSSR count). The lowest BCUT2D eigenvalue weighted by Gasteiger charge is -2.14. The molecule has 8 heteroatoms. The number of halogens is 2. The lowest BCUT2D eigenvalue weighted by atomic mass is 10.0. The number of benzene rings is 2. The Morgan fingerprint density at radius 2 is 1.89 bits per heavy atom. The number of rotatable bonds is 3. The van der Waals surface area contributed by atoms with Gasteiger partial charge in [0.1, 0.15) is 10.6 Å². The average molecular weight is 513 g/mol. The van der Waals surface area contributed by atoms with Gasteiger partial charge < -0.3 is 4.74 Å². The molecule has 1 aromatic heterocycles. The van der Waals surface area contributed by atoms with E-state index in [1.54, 1.807) is 12.1 Å². The van der Waals surface area contributed by atoms with Gasteiger partial charge in [-0.1, -0.05) is 68.8 Å². The number of thioether (sulfide) groups is 1. The van der Waals surface area contributed by atoms with E-state index in [9.17, 15) is 4.79 Å². The summed E-state index contributed by atoms with van der Waals surface area (Å²) < 4.78 is 7.04. The zero-order chi connectivity index (χ0) is 20.4. The minimum Gasteiger partial charge on any atom is -0.428 e. The number of aryl methyl sites for hydroxylation is 2. The second kappa shape index (κ2) is 9.05. The third kappa shape index (κ3) is 4.66. The largest absolute Gasteiger partial charge is 0.428 e. The van der Waals surface area contributed by atoms with Crippen LogP contribution in [0, 0.1) is 13.8 Å². The summed E-state index contributed by atoms with van der Waals surface area (Å²) in [5, 5.41) is 1.59. The van der Waals surface area contributed by atoms with Gasteiger partial charge in [0.25, 0.3) is 5.56 Å². The smallest absolute Gasteiger partial charge is 0.283 e. The second-order valence-electron chi connectivity index (χ2n) is 5.99. The quantitative estimate of drug-likeness (QED) is 0.357. The highest BCUT2D eigenvalue weighted by molar-refractivity contribution is 9.10. The van der Waals surface area contributed by atoms with E-state index < -0.39 is 0 Å². The molecule has 0 fully saturated rings.